The smallest absolute Gasteiger partial charge is 0.130 e. The van der Waals surface area contributed by atoms with Crippen molar-refractivity contribution < 1.29 is 8.78 Å². The van der Waals surface area contributed by atoms with Crippen LogP contribution in [0.2, 0.25) is 0 Å². The zero-order valence-corrected chi connectivity index (χ0v) is 7.59. The molecule has 0 spiro atoms. The maximum Gasteiger partial charge on any atom is 0.130 e. The van der Waals surface area contributed by atoms with Crippen molar-refractivity contribution in [2.24, 2.45) is 0 Å². The summed E-state index contributed by atoms with van der Waals surface area (Å²) in [5, 5.41) is 8.76. The lowest BCUT2D eigenvalue weighted by molar-refractivity contribution is 0.541. The van der Waals surface area contributed by atoms with Crippen LogP contribution in [0.3, 0.4) is 0 Å². The van der Waals surface area contributed by atoms with Crippen molar-refractivity contribution in [1.82, 2.24) is 16.4 Å². The van der Waals surface area contributed by atoms with E-state index >= 15 is 0 Å². The first-order chi connectivity index (χ1) is 7.20. The van der Waals surface area contributed by atoms with Gasteiger partial charge in [0.05, 0.1) is 12.1 Å². The Balaban J connectivity index is 2.33. The fourth-order valence-corrected chi connectivity index (χ4v) is 1.50. The predicted molar refractivity (Wildman–Crippen MR) is 47.9 cm³/mol. The summed E-state index contributed by atoms with van der Waals surface area (Å²) in [5.74, 6) is -1.31. The maximum absolute atomic E-state index is 12.9. The minimum absolute atomic E-state index is 0.386. The number of hydrazine groups is 2. The van der Waals surface area contributed by atoms with E-state index in [1.165, 1.54) is 12.1 Å². The van der Waals surface area contributed by atoms with Gasteiger partial charge >= 0.3 is 0 Å². The fourth-order valence-electron chi connectivity index (χ4n) is 1.50. The summed E-state index contributed by atoms with van der Waals surface area (Å²) < 4.78 is 25.8. The number of hydrogen-bond donors (Lipinski definition) is 3. The first-order valence-electron chi connectivity index (χ1n) is 4.32. The molecule has 0 bridgehead atoms. The van der Waals surface area contributed by atoms with E-state index in [4.69, 9.17) is 5.26 Å². The van der Waals surface area contributed by atoms with Crippen molar-refractivity contribution in [2.45, 2.75) is 12.1 Å². The molecule has 0 aromatic heterocycles. The van der Waals surface area contributed by atoms with E-state index in [1.54, 1.807) is 0 Å². The first-order valence-corrected chi connectivity index (χ1v) is 4.32. The molecule has 1 aromatic carbocycles. The van der Waals surface area contributed by atoms with Crippen molar-refractivity contribution in [2.75, 3.05) is 0 Å². The van der Waals surface area contributed by atoms with Gasteiger partial charge < -0.3 is 0 Å². The Bertz CT molecular complexity index is 395. The summed E-state index contributed by atoms with van der Waals surface area (Å²) in [6.45, 7) is 0. The van der Waals surface area contributed by atoms with Gasteiger partial charge in [0.1, 0.15) is 17.7 Å². The van der Waals surface area contributed by atoms with E-state index in [9.17, 15) is 8.78 Å². The van der Waals surface area contributed by atoms with Gasteiger partial charge in [0.2, 0.25) is 0 Å². The molecule has 1 aromatic rings. The average Bonchev–Trinajstić information content (AvgIpc) is 2.63. The van der Waals surface area contributed by atoms with Crippen LogP contribution >= 0.6 is 0 Å². The Morgan fingerprint density at radius 3 is 2.40 bits per heavy atom. The molecular formula is C9H8F2N4. The Morgan fingerprint density at radius 2 is 1.80 bits per heavy atom. The topological polar surface area (TPSA) is 59.9 Å². The van der Waals surface area contributed by atoms with Gasteiger partial charge in [-0.15, -0.1) is 0 Å². The minimum Gasteiger partial charge on any atom is -0.234 e. The van der Waals surface area contributed by atoms with Crippen molar-refractivity contribution in [3.8, 4) is 6.07 Å². The van der Waals surface area contributed by atoms with Gasteiger partial charge in [-0.25, -0.2) is 19.6 Å². The molecule has 1 saturated heterocycles. The molecule has 1 heterocycles. The van der Waals surface area contributed by atoms with Crippen LogP contribution in [0.15, 0.2) is 18.2 Å². The zero-order valence-electron chi connectivity index (χ0n) is 7.59. The molecular weight excluding hydrogens is 202 g/mol. The summed E-state index contributed by atoms with van der Waals surface area (Å²) in [7, 11) is 0. The second-order valence-corrected chi connectivity index (χ2v) is 3.20. The highest BCUT2D eigenvalue weighted by Gasteiger charge is 2.28. The Kier molecular flexibility index (Phi) is 2.60. The third kappa shape index (κ3) is 1.94. The number of nitriles is 1. The number of rotatable bonds is 1. The normalized spacial score (nSPS) is 25.1. The quantitative estimate of drug-likeness (QED) is 0.632. The Hall–Kier alpha value is -1.55. The van der Waals surface area contributed by atoms with Crippen LogP contribution in [-0.2, 0) is 0 Å². The molecule has 78 valence electrons. The van der Waals surface area contributed by atoms with Gasteiger partial charge in [-0.3, -0.25) is 0 Å². The highest BCUT2D eigenvalue weighted by molar-refractivity contribution is 5.25. The van der Waals surface area contributed by atoms with E-state index in [0.29, 0.717) is 5.56 Å². The summed E-state index contributed by atoms with van der Waals surface area (Å²) in [6, 6.07) is 4.12. The van der Waals surface area contributed by atoms with Gasteiger partial charge in [-0.05, 0) is 17.7 Å². The lowest BCUT2D eigenvalue weighted by Gasteiger charge is -2.12. The third-order valence-corrected chi connectivity index (χ3v) is 2.17. The number of hydrogen-bond acceptors (Lipinski definition) is 4. The fraction of sp³-hybridized carbons (Fsp3) is 0.222. The first kappa shape index (κ1) is 9.98. The van der Waals surface area contributed by atoms with Gasteiger partial charge in [-0.1, -0.05) is 0 Å². The highest BCUT2D eigenvalue weighted by atomic mass is 19.1. The Labute approximate surface area is 84.8 Å². The van der Waals surface area contributed by atoms with Crippen LogP contribution in [-0.4, -0.2) is 6.04 Å². The van der Waals surface area contributed by atoms with Gasteiger partial charge in [-0.2, -0.15) is 10.8 Å². The lowest BCUT2D eigenvalue weighted by atomic mass is 10.0. The molecule has 15 heavy (non-hydrogen) atoms. The number of nitrogens with one attached hydrogen (secondary N) is 3. The largest absolute Gasteiger partial charge is 0.234 e. The molecule has 6 heteroatoms. The van der Waals surface area contributed by atoms with E-state index in [1.807, 2.05) is 6.07 Å². The minimum atomic E-state index is -0.657. The molecule has 0 aliphatic carbocycles. The second-order valence-electron chi connectivity index (χ2n) is 3.20. The number of benzene rings is 1. The maximum atomic E-state index is 12.9. The summed E-state index contributed by atoms with van der Waals surface area (Å²) in [6.07, 6.45) is 0. The standard InChI is InChI=1S/C9H8F2N4/c10-6-1-5(2-7(11)3-6)9-8(4-12)13-15-14-9/h1-3,8-9,13-15H. The van der Waals surface area contributed by atoms with E-state index in [-0.39, 0.29) is 0 Å². The van der Waals surface area contributed by atoms with Crippen molar-refractivity contribution in [3.05, 3.63) is 35.4 Å². The third-order valence-electron chi connectivity index (χ3n) is 2.17. The summed E-state index contributed by atoms with van der Waals surface area (Å²) in [4.78, 5) is 0. The van der Waals surface area contributed by atoms with Gasteiger partial charge in [0.15, 0.2) is 0 Å². The van der Waals surface area contributed by atoms with Crippen molar-refractivity contribution in [1.29, 1.82) is 5.26 Å². The molecule has 1 aliphatic rings. The van der Waals surface area contributed by atoms with E-state index in [0.717, 1.165) is 6.07 Å². The van der Waals surface area contributed by atoms with E-state index < -0.39 is 23.7 Å². The molecule has 1 fully saturated rings. The molecule has 4 nitrogen and oxygen atoms in total. The van der Waals surface area contributed by atoms with Gasteiger partial charge in [0, 0.05) is 6.07 Å². The van der Waals surface area contributed by atoms with Crippen LogP contribution in [0.5, 0.6) is 0 Å². The van der Waals surface area contributed by atoms with Crippen LogP contribution < -0.4 is 16.4 Å². The van der Waals surface area contributed by atoms with Crippen molar-refractivity contribution in [3.63, 3.8) is 0 Å². The molecule has 2 rings (SSSR count). The van der Waals surface area contributed by atoms with Crippen LogP contribution in [0.25, 0.3) is 0 Å². The average molecular weight is 210 g/mol. The molecule has 0 saturated carbocycles. The molecule has 2 unspecified atom stereocenters. The SMILES string of the molecule is N#CC1NNNC1c1cc(F)cc(F)c1. The van der Waals surface area contributed by atoms with Crippen molar-refractivity contribution >= 4 is 0 Å². The molecule has 0 radical (unpaired) electrons. The lowest BCUT2D eigenvalue weighted by Crippen LogP contribution is -2.32. The number of nitrogens with zero attached hydrogens (tertiary/aromatic N) is 1. The molecule has 2 atom stereocenters. The van der Waals surface area contributed by atoms with Crippen LogP contribution in [0, 0.1) is 23.0 Å². The molecule has 1 aliphatic heterocycles. The monoisotopic (exact) mass is 210 g/mol. The Morgan fingerprint density at radius 1 is 1.13 bits per heavy atom. The molecule has 0 amide bonds. The zero-order chi connectivity index (χ0) is 10.8. The summed E-state index contributed by atoms with van der Waals surface area (Å²) >= 11 is 0. The van der Waals surface area contributed by atoms with Crippen LogP contribution in [0.1, 0.15) is 11.6 Å². The highest BCUT2D eigenvalue weighted by Crippen LogP contribution is 2.20. The summed E-state index contributed by atoms with van der Waals surface area (Å²) in [5.41, 5.74) is 8.27. The predicted octanol–water partition coefficient (Wildman–Crippen LogP) is 0.510. The number of halogens is 2. The van der Waals surface area contributed by atoms with E-state index in [2.05, 4.69) is 16.4 Å². The van der Waals surface area contributed by atoms with Crippen LogP contribution in [0.4, 0.5) is 8.78 Å². The second kappa shape index (κ2) is 3.90. The molecule has 3 N–H and O–H groups in total. The van der Waals surface area contributed by atoms with Gasteiger partial charge in [0.25, 0.3) is 0 Å².